The lowest BCUT2D eigenvalue weighted by Gasteiger charge is -2.33. The van der Waals surface area contributed by atoms with E-state index in [1.807, 2.05) is 52.0 Å². The van der Waals surface area contributed by atoms with Crippen molar-refractivity contribution in [1.29, 1.82) is 0 Å². The molecular weight excluding hydrogens is 448 g/mol. The number of sulfone groups is 1. The van der Waals surface area contributed by atoms with Gasteiger partial charge < -0.3 is 4.90 Å². The predicted molar refractivity (Wildman–Crippen MR) is 132 cm³/mol. The number of hydrogen-bond donors (Lipinski definition) is 0. The molecule has 7 heteroatoms. The molecule has 2 amide bonds. The summed E-state index contributed by atoms with van der Waals surface area (Å²) in [5.41, 5.74) is 6.02. The summed E-state index contributed by atoms with van der Waals surface area (Å²) in [5.74, 6) is -1.92. The van der Waals surface area contributed by atoms with Gasteiger partial charge in [-0.2, -0.15) is 0 Å². The van der Waals surface area contributed by atoms with Gasteiger partial charge in [0.05, 0.1) is 12.2 Å². The van der Waals surface area contributed by atoms with Gasteiger partial charge >= 0.3 is 0 Å². The van der Waals surface area contributed by atoms with Gasteiger partial charge in [0.25, 0.3) is 10.8 Å². The lowest BCUT2D eigenvalue weighted by Crippen LogP contribution is -2.54. The molecule has 174 valence electrons. The molecule has 1 atom stereocenters. The highest BCUT2D eigenvalue weighted by Crippen LogP contribution is 2.53. The van der Waals surface area contributed by atoms with E-state index in [-0.39, 0.29) is 6.54 Å². The number of aryl methyl sites for hydroxylation is 4. The van der Waals surface area contributed by atoms with Gasteiger partial charge in [-0.05, 0) is 68.1 Å². The molecule has 1 fully saturated rings. The normalized spacial score (nSPS) is 20.9. The first kappa shape index (κ1) is 22.3. The number of carbonyl (C=O) groups is 2. The van der Waals surface area contributed by atoms with Crippen molar-refractivity contribution in [3.8, 4) is 0 Å². The van der Waals surface area contributed by atoms with Gasteiger partial charge in [-0.3, -0.25) is 14.5 Å². The van der Waals surface area contributed by atoms with Gasteiger partial charge in [0.2, 0.25) is 5.91 Å². The number of para-hydroxylation sites is 1. The predicted octanol–water partition coefficient (Wildman–Crippen LogP) is 4.08. The summed E-state index contributed by atoms with van der Waals surface area (Å²) in [6, 6.07) is 18.4. The number of rotatable bonds is 3. The number of anilines is 2. The number of carbonyl (C=O) groups excluding carboxylic acids is 2. The Kier molecular flexibility index (Phi) is 4.95. The summed E-state index contributed by atoms with van der Waals surface area (Å²) >= 11 is 0. The largest absolute Gasteiger partial charge is 0.304 e. The number of benzene rings is 3. The van der Waals surface area contributed by atoms with Crippen LogP contribution in [0.15, 0.2) is 60.7 Å². The zero-order chi connectivity index (χ0) is 24.4. The van der Waals surface area contributed by atoms with Crippen molar-refractivity contribution in [3.63, 3.8) is 0 Å². The minimum Gasteiger partial charge on any atom is -0.304 e. The summed E-state index contributed by atoms with van der Waals surface area (Å²) in [6.07, 6.45) is 0. The van der Waals surface area contributed by atoms with Gasteiger partial charge in [-0.15, -0.1) is 0 Å². The van der Waals surface area contributed by atoms with E-state index in [0.717, 1.165) is 27.8 Å². The molecule has 0 bridgehead atoms. The van der Waals surface area contributed by atoms with Crippen LogP contribution in [0.4, 0.5) is 11.4 Å². The Morgan fingerprint density at radius 3 is 2.24 bits per heavy atom. The standard InChI is InChI=1S/C27H26N2O4S/c1-17-9-10-20(4)21(12-17)15-28-24-8-6-5-7-23(24)27(26(28)31)29(25(30)16-34(27,32)33)22-13-18(2)11-19(3)14-22/h5-14H,15-16H2,1-4H3/t27-/m0/s1. The molecule has 0 N–H and O–H groups in total. The third-order valence-electron chi connectivity index (χ3n) is 6.72. The van der Waals surface area contributed by atoms with Crippen molar-refractivity contribution >= 4 is 33.0 Å². The number of hydrogen-bond acceptors (Lipinski definition) is 4. The molecule has 0 aliphatic carbocycles. The van der Waals surface area contributed by atoms with E-state index in [1.165, 1.54) is 9.80 Å². The first-order valence-electron chi connectivity index (χ1n) is 11.2. The Labute approximate surface area is 199 Å². The monoisotopic (exact) mass is 474 g/mol. The van der Waals surface area contributed by atoms with Crippen LogP contribution in [-0.2, 0) is 30.8 Å². The number of fused-ring (bicyclic) bond motifs is 2. The lowest BCUT2D eigenvalue weighted by atomic mass is 10.0. The van der Waals surface area contributed by atoms with Crippen molar-refractivity contribution in [3.05, 3.63) is 94.0 Å². The Bertz CT molecular complexity index is 1460. The van der Waals surface area contributed by atoms with Crippen molar-refractivity contribution in [2.45, 2.75) is 39.1 Å². The maximum atomic E-state index is 14.3. The van der Waals surface area contributed by atoms with Crippen LogP contribution in [0.3, 0.4) is 0 Å². The molecule has 2 aliphatic rings. The van der Waals surface area contributed by atoms with Crippen LogP contribution in [0.5, 0.6) is 0 Å². The molecule has 3 aromatic carbocycles. The van der Waals surface area contributed by atoms with E-state index in [1.54, 1.807) is 36.4 Å². The first-order chi connectivity index (χ1) is 16.1. The highest BCUT2D eigenvalue weighted by atomic mass is 32.2. The minimum absolute atomic E-state index is 0.218. The summed E-state index contributed by atoms with van der Waals surface area (Å²) in [5, 5.41) is 0. The fourth-order valence-corrected chi connectivity index (χ4v) is 7.30. The van der Waals surface area contributed by atoms with Crippen molar-refractivity contribution in [2.24, 2.45) is 0 Å². The molecule has 1 spiro atoms. The van der Waals surface area contributed by atoms with Crippen LogP contribution < -0.4 is 9.80 Å². The second kappa shape index (κ2) is 7.53. The highest BCUT2D eigenvalue weighted by molar-refractivity contribution is 7.94. The van der Waals surface area contributed by atoms with E-state index in [0.29, 0.717) is 16.9 Å². The van der Waals surface area contributed by atoms with Crippen molar-refractivity contribution < 1.29 is 18.0 Å². The molecule has 0 radical (unpaired) electrons. The molecule has 0 unspecified atom stereocenters. The fourth-order valence-electron chi connectivity index (χ4n) is 5.27. The average molecular weight is 475 g/mol. The SMILES string of the molecule is Cc1cc(C)cc(N2C(=O)CS(=O)(=O)[C@@]23C(=O)N(Cc2cc(C)ccc2C)c2ccccc23)c1. The number of nitrogens with zero attached hydrogens (tertiary/aromatic N) is 2. The molecule has 1 saturated heterocycles. The van der Waals surface area contributed by atoms with Crippen LogP contribution >= 0.6 is 0 Å². The molecule has 6 nitrogen and oxygen atoms in total. The van der Waals surface area contributed by atoms with Crippen molar-refractivity contribution in [1.82, 2.24) is 0 Å². The van der Waals surface area contributed by atoms with Gasteiger partial charge in [0, 0.05) is 11.3 Å². The van der Waals surface area contributed by atoms with E-state index in [9.17, 15) is 18.0 Å². The third kappa shape index (κ3) is 3.03. The van der Waals surface area contributed by atoms with Crippen LogP contribution in [0.25, 0.3) is 0 Å². The van der Waals surface area contributed by atoms with Crippen LogP contribution in [-0.4, -0.2) is 26.0 Å². The summed E-state index contributed by atoms with van der Waals surface area (Å²) in [7, 11) is -4.18. The third-order valence-corrected chi connectivity index (χ3v) is 8.82. The fraction of sp³-hybridized carbons (Fsp3) is 0.259. The van der Waals surface area contributed by atoms with Gasteiger partial charge in [0.15, 0.2) is 9.84 Å². The Morgan fingerprint density at radius 1 is 0.853 bits per heavy atom. The molecule has 34 heavy (non-hydrogen) atoms. The summed E-state index contributed by atoms with van der Waals surface area (Å²) < 4.78 is 27.5. The zero-order valence-corrected chi connectivity index (χ0v) is 20.4. The van der Waals surface area contributed by atoms with Gasteiger partial charge in [-0.25, -0.2) is 8.42 Å². The summed E-state index contributed by atoms with van der Waals surface area (Å²) in [4.78, 5) is 28.1. The van der Waals surface area contributed by atoms with Gasteiger partial charge in [-0.1, -0.05) is 48.0 Å². The highest BCUT2D eigenvalue weighted by Gasteiger charge is 2.69. The zero-order valence-electron chi connectivity index (χ0n) is 19.6. The molecule has 3 aromatic rings. The van der Waals surface area contributed by atoms with E-state index in [2.05, 4.69) is 0 Å². The molecule has 2 aliphatic heterocycles. The van der Waals surface area contributed by atoms with E-state index in [4.69, 9.17) is 0 Å². The second-order valence-electron chi connectivity index (χ2n) is 9.32. The minimum atomic E-state index is -4.18. The molecule has 5 rings (SSSR count). The van der Waals surface area contributed by atoms with E-state index < -0.39 is 32.3 Å². The Balaban J connectivity index is 1.76. The first-order valence-corrected chi connectivity index (χ1v) is 12.8. The lowest BCUT2D eigenvalue weighted by molar-refractivity contribution is -0.123. The van der Waals surface area contributed by atoms with Crippen LogP contribution in [0, 0.1) is 27.7 Å². The molecular formula is C27H26N2O4S. The average Bonchev–Trinajstić information content (AvgIpc) is 3.13. The quantitative estimate of drug-likeness (QED) is 0.573. The molecule has 0 aromatic heterocycles. The van der Waals surface area contributed by atoms with E-state index >= 15 is 0 Å². The topological polar surface area (TPSA) is 74.8 Å². The Hall–Kier alpha value is -3.45. The maximum Gasteiger partial charge on any atom is 0.274 e. The Morgan fingerprint density at radius 2 is 1.53 bits per heavy atom. The number of amides is 2. The van der Waals surface area contributed by atoms with Crippen LogP contribution in [0.2, 0.25) is 0 Å². The van der Waals surface area contributed by atoms with Crippen molar-refractivity contribution in [2.75, 3.05) is 15.6 Å². The second-order valence-corrected chi connectivity index (χ2v) is 11.4. The van der Waals surface area contributed by atoms with Gasteiger partial charge in [0.1, 0.15) is 5.75 Å². The maximum absolute atomic E-state index is 14.3. The van der Waals surface area contributed by atoms with Crippen LogP contribution in [0.1, 0.15) is 33.4 Å². The molecule has 0 saturated carbocycles. The summed E-state index contributed by atoms with van der Waals surface area (Å²) in [6.45, 7) is 7.93. The molecule has 2 heterocycles. The smallest absolute Gasteiger partial charge is 0.274 e.